The lowest BCUT2D eigenvalue weighted by Gasteiger charge is -2.18. The molecule has 114 valence electrons. The number of hydrogen-bond acceptors (Lipinski definition) is 3. The molecule has 4 heteroatoms. The Morgan fingerprint density at radius 2 is 1.55 bits per heavy atom. The van der Waals surface area contributed by atoms with Crippen LogP contribution in [0, 0.1) is 6.92 Å². The molecule has 0 saturated heterocycles. The van der Waals surface area contributed by atoms with Crippen LogP contribution in [0.2, 0.25) is 0 Å². The van der Waals surface area contributed by atoms with Crippen molar-refractivity contribution in [2.24, 2.45) is 0 Å². The second-order valence-electron chi connectivity index (χ2n) is 4.81. The Hall–Kier alpha value is -1.71. The molecule has 0 aliphatic heterocycles. The lowest BCUT2D eigenvalue weighted by Crippen LogP contribution is -2.14. The zero-order valence-corrected chi connectivity index (χ0v) is 13.1. The van der Waals surface area contributed by atoms with E-state index in [0.29, 0.717) is 6.10 Å². The summed E-state index contributed by atoms with van der Waals surface area (Å²) >= 11 is 0. The van der Waals surface area contributed by atoms with Crippen LogP contribution in [0.1, 0.15) is 46.1 Å². The molecular formula is C16H26O4. The van der Waals surface area contributed by atoms with Gasteiger partial charge in [0.1, 0.15) is 11.5 Å². The summed E-state index contributed by atoms with van der Waals surface area (Å²) in [6.45, 7) is 10.2. The molecule has 0 heterocycles. The smallest absolute Gasteiger partial charge is 0.290 e. The van der Waals surface area contributed by atoms with Gasteiger partial charge in [0, 0.05) is 6.07 Å². The highest BCUT2D eigenvalue weighted by Crippen LogP contribution is 2.25. The van der Waals surface area contributed by atoms with E-state index in [1.165, 1.54) is 5.56 Å². The predicted molar refractivity (Wildman–Crippen MR) is 80.6 cm³/mol. The highest BCUT2D eigenvalue weighted by Gasteiger charge is 2.07. The SMILES string of the molecule is CCC(CC)Oc1cc(C)cc(OC(C)C)c1.O=CO. The molecule has 20 heavy (non-hydrogen) atoms. The maximum absolute atomic E-state index is 8.36. The molecule has 1 aromatic carbocycles. The van der Waals surface area contributed by atoms with Gasteiger partial charge >= 0.3 is 0 Å². The Morgan fingerprint density at radius 3 is 1.95 bits per heavy atom. The van der Waals surface area contributed by atoms with E-state index in [9.17, 15) is 0 Å². The molecule has 0 fully saturated rings. The summed E-state index contributed by atoms with van der Waals surface area (Å²) in [5.74, 6) is 1.80. The van der Waals surface area contributed by atoms with Gasteiger partial charge < -0.3 is 14.6 Å². The third-order valence-corrected chi connectivity index (χ3v) is 2.61. The van der Waals surface area contributed by atoms with Gasteiger partial charge in [-0.15, -0.1) is 0 Å². The summed E-state index contributed by atoms with van der Waals surface area (Å²) in [5, 5.41) is 6.89. The van der Waals surface area contributed by atoms with Gasteiger partial charge in [0.15, 0.2) is 0 Å². The third kappa shape index (κ3) is 7.67. The van der Waals surface area contributed by atoms with Crippen LogP contribution >= 0.6 is 0 Å². The molecule has 1 rings (SSSR count). The van der Waals surface area contributed by atoms with E-state index in [0.717, 1.165) is 24.3 Å². The minimum absolute atomic E-state index is 0.192. The van der Waals surface area contributed by atoms with E-state index >= 15 is 0 Å². The average molecular weight is 282 g/mol. The fraction of sp³-hybridized carbons (Fsp3) is 0.562. The summed E-state index contributed by atoms with van der Waals surface area (Å²) in [5.41, 5.74) is 1.17. The van der Waals surface area contributed by atoms with Gasteiger partial charge in [-0.3, -0.25) is 4.79 Å². The number of benzene rings is 1. The van der Waals surface area contributed by atoms with E-state index in [1.807, 2.05) is 26.0 Å². The summed E-state index contributed by atoms with van der Waals surface area (Å²) in [6, 6.07) is 6.08. The van der Waals surface area contributed by atoms with Crippen LogP contribution < -0.4 is 9.47 Å². The van der Waals surface area contributed by atoms with Gasteiger partial charge in [-0.1, -0.05) is 13.8 Å². The lowest BCUT2D eigenvalue weighted by molar-refractivity contribution is -0.122. The number of hydrogen-bond donors (Lipinski definition) is 1. The highest BCUT2D eigenvalue weighted by molar-refractivity contribution is 5.38. The largest absolute Gasteiger partial charge is 0.491 e. The molecule has 0 spiro atoms. The van der Waals surface area contributed by atoms with E-state index in [2.05, 4.69) is 26.8 Å². The van der Waals surface area contributed by atoms with E-state index in [1.54, 1.807) is 0 Å². The Bertz CT molecular complexity index is 384. The lowest BCUT2D eigenvalue weighted by atomic mass is 10.2. The van der Waals surface area contributed by atoms with Crippen molar-refractivity contribution in [3.8, 4) is 11.5 Å². The summed E-state index contributed by atoms with van der Waals surface area (Å²) in [6.07, 6.45) is 2.55. The number of rotatable bonds is 6. The molecule has 0 unspecified atom stereocenters. The molecule has 1 N–H and O–H groups in total. The number of carboxylic acid groups (broad SMARTS) is 1. The number of carbonyl (C=O) groups is 1. The van der Waals surface area contributed by atoms with Gasteiger partial charge in [-0.2, -0.15) is 0 Å². The topological polar surface area (TPSA) is 55.8 Å². The summed E-state index contributed by atoms with van der Waals surface area (Å²) in [7, 11) is 0. The fourth-order valence-corrected chi connectivity index (χ4v) is 1.77. The van der Waals surface area contributed by atoms with Gasteiger partial charge in [0.25, 0.3) is 6.47 Å². The van der Waals surface area contributed by atoms with Crippen molar-refractivity contribution in [3.05, 3.63) is 23.8 Å². The third-order valence-electron chi connectivity index (χ3n) is 2.61. The van der Waals surface area contributed by atoms with Crippen molar-refractivity contribution < 1.29 is 19.4 Å². The number of ether oxygens (including phenoxy) is 2. The first-order valence-electron chi connectivity index (χ1n) is 6.99. The van der Waals surface area contributed by atoms with Crippen LogP contribution in [0.3, 0.4) is 0 Å². The van der Waals surface area contributed by atoms with Gasteiger partial charge in [0.2, 0.25) is 0 Å². The van der Waals surface area contributed by atoms with Crippen molar-refractivity contribution in [2.75, 3.05) is 0 Å². The van der Waals surface area contributed by atoms with Crippen molar-refractivity contribution in [1.82, 2.24) is 0 Å². The summed E-state index contributed by atoms with van der Waals surface area (Å²) in [4.78, 5) is 8.36. The highest BCUT2D eigenvalue weighted by atomic mass is 16.5. The monoisotopic (exact) mass is 282 g/mol. The molecule has 0 amide bonds. The second-order valence-corrected chi connectivity index (χ2v) is 4.81. The van der Waals surface area contributed by atoms with Crippen LogP contribution in [-0.2, 0) is 4.79 Å². The quantitative estimate of drug-likeness (QED) is 0.800. The summed E-state index contributed by atoms with van der Waals surface area (Å²) < 4.78 is 11.6. The molecule has 0 aromatic heterocycles. The van der Waals surface area contributed by atoms with Crippen molar-refractivity contribution in [2.45, 2.75) is 59.7 Å². The second kappa shape index (κ2) is 10.1. The van der Waals surface area contributed by atoms with Crippen molar-refractivity contribution >= 4 is 6.47 Å². The molecule has 0 bridgehead atoms. The van der Waals surface area contributed by atoms with Crippen LogP contribution in [0.15, 0.2) is 18.2 Å². The normalized spacial score (nSPS) is 9.95. The average Bonchev–Trinajstić information content (AvgIpc) is 2.35. The van der Waals surface area contributed by atoms with Crippen LogP contribution in [0.25, 0.3) is 0 Å². The van der Waals surface area contributed by atoms with Crippen molar-refractivity contribution in [3.63, 3.8) is 0 Å². The predicted octanol–water partition coefficient (Wildman–Crippen LogP) is 4.05. The maximum atomic E-state index is 8.36. The van der Waals surface area contributed by atoms with Crippen LogP contribution in [0.5, 0.6) is 11.5 Å². The number of aryl methyl sites for hydroxylation is 1. The first-order valence-corrected chi connectivity index (χ1v) is 6.99. The standard InChI is InChI=1S/C15H24O2.CH2O2/c1-6-13(7-2)17-15-9-12(5)8-14(10-15)16-11(3)4;2-1-3/h8-11,13H,6-7H2,1-5H3;1H,(H,2,3). The van der Waals surface area contributed by atoms with Gasteiger partial charge in [-0.25, -0.2) is 0 Å². The first kappa shape index (κ1) is 18.3. The van der Waals surface area contributed by atoms with Crippen molar-refractivity contribution in [1.29, 1.82) is 0 Å². The van der Waals surface area contributed by atoms with E-state index in [-0.39, 0.29) is 12.6 Å². The molecule has 0 saturated carbocycles. The molecular weight excluding hydrogens is 256 g/mol. The molecule has 0 aliphatic carbocycles. The molecule has 0 radical (unpaired) electrons. The van der Waals surface area contributed by atoms with Gasteiger partial charge in [0.05, 0.1) is 12.2 Å². The fourth-order valence-electron chi connectivity index (χ4n) is 1.77. The Balaban J connectivity index is 0.00000110. The molecule has 0 atom stereocenters. The Morgan fingerprint density at radius 1 is 1.10 bits per heavy atom. The van der Waals surface area contributed by atoms with Crippen LogP contribution in [-0.4, -0.2) is 23.8 Å². The molecule has 1 aromatic rings. The Kier molecular flexibility index (Phi) is 9.26. The zero-order valence-electron chi connectivity index (χ0n) is 13.1. The zero-order chi connectivity index (χ0) is 15.5. The van der Waals surface area contributed by atoms with Crippen LogP contribution in [0.4, 0.5) is 0 Å². The minimum Gasteiger partial charge on any atom is -0.491 e. The molecule has 0 aliphatic rings. The first-order chi connectivity index (χ1) is 9.46. The van der Waals surface area contributed by atoms with E-state index < -0.39 is 0 Å². The van der Waals surface area contributed by atoms with E-state index in [4.69, 9.17) is 19.4 Å². The minimum atomic E-state index is -0.250. The maximum Gasteiger partial charge on any atom is 0.290 e. The van der Waals surface area contributed by atoms with Gasteiger partial charge in [-0.05, 0) is 51.3 Å². The molecule has 4 nitrogen and oxygen atoms in total. The Labute approximate surface area is 121 Å².